The number of ether oxygens (including phenoxy) is 6. The molecule has 1 aliphatic heterocycles. The summed E-state index contributed by atoms with van der Waals surface area (Å²) in [4.78, 5) is 56.7. The minimum Gasteiger partial charge on any atom is -0.448 e. The summed E-state index contributed by atoms with van der Waals surface area (Å²) < 4.78 is 30.4. The van der Waals surface area contributed by atoms with Crippen LogP contribution in [0.3, 0.4) is 0 Å². The van der Waals surface area contributed by atoms with Crippen LogP contribution in [-0.4, -0.2) is 67.4 Å². The number of halogens is 2. The van der Waals surface area contributed by atoms with Gasteiger partial charge < -0.3 is 28.4 Å². The molecule has 2 atom stereocenters. The first kappa shape index (κ1) is 57.9. The van der Waals surface area contributed by atoms with Crippen molar-refractivity contribution in [2.24, 2.45) is 0 Å². The van der Waals surface area contributed by atoms with E-state index in [0.717, 1.165) is 38.5 Å². The van der Waals surface area contributed by atoms with E-state index in [1.807, 2.05) is 55.5 Å². The van der Waals surface area contributed by atoms with Crippen molar-refractivity contribution in [3.05, 3.63) is 163 Å². The first-order valence-corrected chi connectivity index (χ1v) is 23.0. The first-order valence-electron chi connectivity index (χ1n) is 21.3. The highest BCUT2D eigenvalue weighted by molar-refractivity contribution is 14.1. The maximum Gasteiger partial charge on any atom is 0.342 e. The summed E-state index contributed by atoms with van der Waals surface area (Å²) in [5, 5.41) is -0.469. The topological polar surface area (TPSA) is 162 Å². The Hall–Kier alpha value is -5.13. The molecule has 0 N–H and O–H groups in total. The predicted octanol–water partition coefficient (Wildman–Crippen LogP) is 12.2. The summed E-state index contributed by atoms with van der Waals surface area (Å²) in [5.74, 6) is -1.31. The second-order valence-electron chi connectivity index (χ2n) is 13.5. The van der Waals surface area contributed by atoms with Gasteiger partial charge in [-0.05, 0) is 143 Å². The summed E-state index contributed by atoms with van der Waals surface area (Å²) in [6, 6.07) is 9.88. The van der Waals surface area contributed by atoms with Crippen LogP contribution in [-0.2, 0) is 33.2 Å². The smallest absolute Gasteiger partial charge is 0.342 e. The van der Waals surface area contributed by atoms with Crippen molar-refractivity contribution in [2.75, 3.05) is 0 Å². The number of pyridine rings is 3. The molecule has 3 aromatic rings. The molecule has 0 spiro atoms. The highest BCUT2D eigenvalue weighted by Gasteiger charge is 2.21. The maximum absolute atomic E-state index is 11.9. The Morgan fingerprint density at radius 1 is 0.600 bits per heavy atom. The fourth-order valence-electron chi connectivity index (χ4n) is 4.90. The Kier molecular flexibility index (Phi) is 34.0. The van der Waals surface area contributed by atoms with Crippen LogP contribution in [0.2, 0.25) is 0 Å². The summed E-state index contributed by atoms with van der Waals surface area (Å²) in [6.45, 7) is 11.0. The predicted molar refractivity (Wildman–Crippen MR) is 262 cm³/mol. The number of nitrogens with zero attached hydrogens (tertiary/aromatic N) is 3. The molecule has 352 valence electrons. The fraction of sp³-hybridized carbons (Fsp3) is 0.380. The van der Waals surface area contributed by atoms with E-state index in [2.05, 4.69) is 82.6 Å². The lowest BCUT2D eigenvalue weighted by Crippen LogP contribution is -2.35. The standard InChI is InChI=1S/C30H39NO4.C8H8INO2.C6H4ClNO.C6H12O3/c1-3-4-5-6-7-8-9-10-11-12-13-14-15-16-17-18-19-20-21-24-29(32)34-27(2)35-30(33)28-23-22-25-31-26-28;1-6(9)12-8(11)7-3-2-4-10-5-7;7-6(9)5-2-1-3-8-4-5;1-4-7-5(2)9-6(3)8-4/h4-5,7-8,10-11,13-14,16-17,19-20,22-23,25-27H,3,6,9,12,15,18,21,24H2,1-2H3;2-6H,1H3;1-4H;4-6H,1-3H3/b5-4-,8-7-,11-10-,14-13-,17-16-,20-19-;;;. The van der Waals surface area contributed by atoms with Gasteiger partial charge in [-0.3, -0.25) is 24.5 Å². The zero-order valence-corrected chi connectivity index (χ0v) is 41.0. The van der Waals surface area contributed by atoms with Gasteiger partial charge in [-0.15, -0.1) is 0 Å². The van der Waals surface area contributed by atoms with Gasteiger partial charge in [0.2, 0.25) is 6.29 Å². The number of rotatable bonds is 20. The number of hydrogen-bond acceptors (Lipinski definition) is 13. The van der Waals surface area contributed by atoms with Crippen LogP contribution in [0.15, 0.2) is 146 Å². The van der Waals surface area contributed by atoms with E-state index in [9.17, 15) is 19.2 Å². The van der Waals surface area contributed by atoms with E-state index in [0.29, 0.717) is 23.1 Å². The minimum atomic E-state index is -0.944. The summed E-state index contributed by atoms with van der Waals surface area (Å²) in [6.07, 6.45) is 40.0. The van der Waals surface area contributed by atoms with Crippen molar-refractivity contribution < 1.29 is 47.6 Å². The number of aromatic nitrogens is 3. The van der Waals surface area contributed by atoms with Gasteiger partial charge in [0.05, 0.1) is 16.7 Å². The second kappa shape index (κ2) is 38.2. The van der Waals surface area contributed by atoms with E-state index in [-0.39, 0.29) is 35.4 Å². The van der Waals surface area contributed by atoms with Crippen LogP contribution in [0.4, 0.5) is 0 Å². The second-order valence-corrected chi connectivity index (χ2v) is 15.6. The Labute approximate surface area is 403 Å². The molecule has 3 aromatic heterocycles. The summed E-state index contributed by atoms with van der Waals surface area (Å²) >= 11 is 7.15. The molecule has 0 amide bonds. The van der Waals surface area contributed by atoms with Crippen molar-refractivity contribution in [3.63, 3.8) is 0 Å². The SMILES string of the molecule is CC(I)OC(=O)c1cccnc1.CC/C=C\C/C=C\C/C=C\C/C=C\C/C=C\C/C=C\CCC(=O)OC(C)OC(=O)c1cccnc1.CC1OC(C)OC(C)O1.O=C(Cl)c1cccnc1. The lowest BCUT2D eigenvalue weighted by Gasteiger charge is -2.30. The molecule has 65 heavy (non-hydrogen) atoms. The van der Waals surface area contributed by atoms with Crippen LogP contribution < -0.4 is 0 Å². The molecule has 1 saturated heterocycles. The van der Waals surface area contributed by atoms with Crippen LogP contribution in [0, 0.1) is 0 Å². The molecule has 13 nitrogen and oxygen atoms in total. The van der Waals surface area contributed by atoms with E-state index >= 15 is 0 Å². The maximum atomic E-state index is 11.9. The highest BCUT2D eigenvalue weighted by atomic mass is 127. The first-order chi connectivity index (χ1) is 31.3. The summed E-state index contributed by atoms with van der Waals surface area (Å²) in [7, 11) is 0. The molecular weight excluding hydrogens is 965 g/mol. The number of carbonyl (C=O) groups excluding carboxylic acids is 4. The third-order valence-corrected chi connectivity index (χ3v) is 8.26. The van der Waals surface area contributed by atoms with E-state index in [1.54, 1.807) is 61.9 Å². The van der Waals surface area contributed by atoms with Crippen molar-refractivity contribution in [1.82, 2.24) is 15.0 Å². The Balaban J connectivity index is 0.000000557. The molecule has 0 radical (unpaired) electrons. The number of esters is 3. The molecule has 2 unspecified atom stereocenters. The van der Waals surface area contributed by atoms with Gasteiger partial charge in [-0.1, -0.05) is 79.8 Å². The number of alkyl halides is 1. The van der Waals surface area contributed by atoms with Gasteiger partial charge in [0.15, 0.2) is 18.9 Å². The monoisotopic (exact) mass is 1030 g/mol. The van der Waals surface area contributed by atoms with Crippen LogP contribution in [0.25, 0.3) is 0 Å². The van der Waals surface area contributed by atoms with E-state index in [1.165, 1.54) is 25.5 Å². The van der Waals surface area contributed by atoms with Crippen LogP contribution in [0.5, 0.6) is 0 Å². The van der Waals surface area contributed by atoms with Gasteiger partial charge in [0.25, 0.3) is 5.24 Å². The van der Waals surface area contributed by atoms with Gasteiger partial charge in [-0.2, -0.15) is 0 Å². The van der Waals surface area contributed by atoms with Gasteiger partial charge >= 0.3 is 17.9 Å². The molecule has 4 rings (SSSR count). The lowest BCUT2D eigenvalue weighted by molar-refractivity contribution is -0.367. The lowest BCUT2D eigenvalue weighted by atomic mass is 10.2. The third kappa shape index (κ3) is 33.1. The van der Waals surface area contributed by atoms with Gasteiger partial charge in [-0.25, -0.2) is 9.59 Å². The zero-order valence-electron chi connectivity index (χ0n) is 38.1. The minimum absolute atomic E-state index is 0.115. The molecule has 0 aromatic carbocycles. The number of carbonyl (C=O) groups is 4. The van der Waals surface area contributed by atoms with E-state index in [4.69, 9.17) is 40.0 Å². The molecule has 0 bridgehead atoms. The van der Waals surface area contributed by atoms with Crippen molar-refractivity contribution >= 4 is 57.3 Å². The third-order valence-electron chi connectivity index (χ3n) is 7.78. The Morgan fingerprint density at radius 2 is 0.969 bits per heavy atom. The molecule has 4 heterocycles. The Morgan fingerprint density at radius 3 is 1.31 bits per heavy atom. The molecule has 0 aliphatic carbocycles. The van der Waals surface area contributed by atoms with Gasteiger partial charge in [0, 0.05) is 50.5 Å². The van der Waals surface area contributed by atoms with Crippen molar-refractivity contribution in [1.29, 1.82) is 0 Å². The quantitative estimate of drug-likeness (QED) is 0.0263. The number of hydrogen-bond donors (Lipinski definition) is 0. The van der Waals surface area contributed by atoms with Crippen molar-refractivity contribution in [3.8, 4) is 0 Å². The normalized spacial score (nSPS) is 16.8. The molecule has 15 heteroatoms. The van der Waals surface area contributed by atoms with Crippen molar-refractivity contribution in [2.45, 2.75) is 122 Å². The van der Waals surface area contributed by atoms with Gasteiger partial charge in [0.1, 0.15) is 4.11 Å². The molecular formula is C50H63ClIN3O10. The van der Waals surface area contributed by atoms with Crippen LogP contribution >= 0.6 is 34.2 Å². The number of allylic oxidation sites excluding steroid dienone is 12. The summed E-state index contributed by atoms with van der Waals surface area (Å²) in [5.41, 5.74) is 1.23. The molecule has 0 saturated carbocycles. The average molecular weight is 1030 g/mol. The Bertz CT molecular complexity index is 1900. The molecule has 1 aliphatic rings. The molecule has 1 fully saturated rings. The highest BCUT2D eigenvalue weighted by Crippen LogP contribution is 2.14. The average Bonchev–Trinajstić information content (AvgIpc) is 3.28. The largest absolute Gasteiger partial charge is 0.448 e. The van der Waals surface area contributed by atoms with Crippen LogP contribution in [0.1, 0.15) is 124 Å². The zero-order chi connectivity index (χ0) is 47.9. The fourth-order valence-corrected chi connectivity index (χ4v) is 5.24. The van der Waals surface area contributed by atoms with E-state index < -0.39 is 23.5 Å².